The molecule has 0 N–H and O–H groups in total. The molecule has 0 spiro atoms. The average molecular weight is 349 g/mol. The van der Waals surface area contributed by atoms with Gasteiger partial charge in [0, 0.05) is 16.1 Å². The summed E-state index contributed by atoms with van der Waals surface area (Å²) >= 11 is 9.52. The Labute approximate surface area is 126 Å². The zero-order chi connectivity index (χ0) is 13.8. The van der Waals surface area contributed by atoms with E-state index in [4.69, 9.17) is 16.3 Å². The van der Waals surface area contributed by atoms with Gasteiger partial charge in [0.2, 0.25) is 0 Å². The second-order valence-corrected chi connectivity index (χ2v) is 10.1. The third-order valence-corrected chi connectivity index (χ3v) is 7.20. The van der Waals surface area contributed by atoms with Gasteiger partial charge in [-0.3, -0.25) is 0 Å². The first kappa shape index (κ1) is 16.2. The molecular formula is C14H21BrClOSi. The van der Waals surface area contributed by atoms with E-state index in [1.165, 1.54) is 5.56 Å². The van der Waals surface area contributed by atoms with E-state index in [1.54, 1.807) is 0 Å². The van der Waals surface area contributed by atoms with E-state index in [1.807, 2.05) is 18.2 Å². The summed E-state index contributed by atoms with van der Waals surface area (Å²) in [6.45, 7) is 10.8. The Bertz CT molecular complexity index is 393. The minimum Gasteiger partial charge on any atom is -0.381 e. The van der Waals surface area contributed by atoms with Crippen LogP contribution in [-0.2, 0) is 11.2 Å². The number of halogens is 2. The van der Waals surface area contributed by atoms with E-state index >= 15 is 0 Å². The maximum atomic E-state index is 5.99. The second-order valence-electron chi connectivity index (χ2n) is 5.42. The van der Waals surface area contributed by atoms with Gasteiger partial charge < -0.3 is 4.74 Å². The SMILES string of the molecule is C[Si](C)C(C)(C)COCCc1cc(Cl)ccc1Br. The highest BCUT2D eigenvalue weighted by Crippen LogP contribution is 2.28. The largest absolute Gasteiger partial charge is 0.381 e. The number of hydrogen-bond acceptors (Lipinski definition) is 1. The van der Waals surface area contributed by atoms with Crippen LogP contribution >= 0.6 is 27.5 Å². The van der Waals surface area contributed by atoms with Gasteiger partial charge in [0.15, 0.2) is 0 Å². The van der Waals surface area contributed by atoms with Crippen molar-refractivity contribution in [1.29, 1.82) is 0 Å². The first-order valence-corrected chi connectivity index (χ1v) is 9.82. The predicted molar refractivity (Wildman–Crippen MR) is 85.2 cm³/mol. The highest BCUT2D eigenvalue weighted by atomic mass is 79.9. The number of hydrogen-bond donors (Lipinski definition) is 0. The van der Waals surface area contributed by atoms with Crippen molar-refractivity contribution in [2.24, 2.45) is 0 Å². The van der Waals surface area contributed by atoms with Gasteiger partial charge in [0.1, 0.15) is 0 Å². The summed E-state index contributed by atoms with van der Waals surface area (Å²) in [7, 11) is -0.325. The number of benzene rings is 1. The fraction of sp³-hybridized carbons (Fsp3) is 0.571. The Morgan fingerprint density at radius 1 is 1.33 bits per heavy atom. The summed E-state index contributed by atoms with van der Waals surface area (Å²) in [5, 5.41) is 1.11. The molecular weight excluding hydrogens is 328 g/mol. The Kier molecular flexibility index (Phi) is 6.38. The number of rotatable bonds is 6. The zero-order valence-corrected chi connectivity index (χ0v) is 14.9. The fourth-order valence-corrected chi connectivity index (χ4v) is 2.42. The van der Waals surface area contributed by atoms with Crippen LogP contribution in [0, 0.1) is 0 Å². The van der Waals surface area contributed by atoms with E-state index in [0.29, 0.717) is 5.04 Å². The molecule has 1 aromatic carbocycles. The molecule has 0 saturated heterocycles. The van der Waals surface area contributed by atoms with E-state index in [9.17, 15) is 0 Å². The highest BCUT2D eigenvalue weighted by molar-refractivity contribution is 9.10. The van der Waals surface area contributed by atoms with Gasteiger partial charge in [-0.1, -0.05) is 54.5 Å². The monoisotopic (exact) mass is 347 g/mol. The summed E-state index contributed by atoms with van der Waals surface area (Å²) in [5.74, 6) is 0. The molecule has 0 aliphatic rings. The summed E-state index contributed by atoms with van der Waals surface area (Å²) in [6.07, 6.45) is 0.896. The van der Waals surface area contributed by atoms with Crippen LogP contribution in [0.1, 0.15) is 19.4 Å². The highest BCUT2D eigenvalue weighted by Gasteiger charge is 2.23. The summed E-state index contributed by atoms with van der Waals surface area (Å²) in [6, 6.07) is 5.87. The molecule has 1 nitrogen and oxygen atoms in total. The smallest absolute Gasteiger partial charge is 0.0506 e. The van der Waals surface area contributed by atoms with Crippen molar-refractivity contribution in [3.05, 3.63) is 33.3 Å². The van der Waals surface area contributed by atoms with Gasteiger partial charge in [0.05, 0.1) is 15.4 Å². The molecule has 0 aliphatic carbocycles. The van der Waals surface area contributed by atoms with Crippen molar-refractivity contribution in [2.45, 2.75) is 38.4 Å². The molecule has 4 heteroatoms. The lowest BCUT2D eigenvalue weighted by Gasteiger charge is -2.27. The van der Waals surface area contributed by atoms with Crippen LogP contribution in [0.2, 0.25) is 23.2 Å². The van der Waals surface area contributed by atoms with Gasteiger partial charge in [0.25, 0.3) is 0 Å². The summed E-state index contributed by atoms with van der Waals surface area (Å²) < 4.78 is 6.92. The molecule has 0 saturated carbocycles. The van der Waals surface area contributed by atoms with Crippen LogP contribution < -0.4 is 0 Å². The van der Waals surface area contributed by atoms with Gasteiger partial charge in [-0.15, -0.1) is 0 Å². The first-order chi connectivity index (χ1) is 8.33. The van der Waals surface area contributed by atoms with Crippen molar-refractivity contribution in [2.75, 3.05) is 13.2 Å². The quantitative estimate of drug-likeness (QED) is 0.507. The lowest BCUT2D eigenvalue weighted by molar-refractivity contribution is 0.116. The first-order valence-electron chi connectivity index (χ1n) is 6.15. The molecule has 0 heterocycles. The molecule has 0 atom stereocenters. The third kappa shape index (κ3) is 5.04. The van der Waals surface area contributed by atoms with Crippen LogP contribution in [0.15, 0.2) is 22.7 Å². The topological polar surface area (TPSA) is 9.23 Å². The Morgan fingerprint density at radius 2 is 2.00 bits per heavy atom. The molecule has 0 amide bonds. The molecule has 1 radical (unpaired) electrons. The van der Waals surface area contributed by atoms with Gasteiger partial charge in [-0.25, -0.2) is 0 Å². The minimum atomic E-state index is -0.325. The van der Waals surface area contributed by atoms with Crippen LogP contribution in [-0.4, -0.2) is 22.0 Å². The van der Waals surface area contributed by atoms with Crippen LogP contribution in [0.25, 0.3) is 0 Å². The van der Waals surface area contributed by atoms with E-state index in [-0.39, 0.29) is 8.80 Å². The fourth-order valence-electron chi connectivity index (χ4n) is 1.39. The predicted octanol–water partition coefficient (Wildman–Crippen LogP) is 5.20. The zero-order valence-electron chi connectivity index (χ0n) is 11.5. The van der Waals surface area contributed by atoms with E-state index in [2.05, 4.69) is 42.9 Å². The Balaban J connectivity index is 2.41. The lowest BCUT2D eigenvalue weighted by atomic mass is 10.1. The van der Waals surface area contributed by atoms with Gasteiger partial charge in [-0.2, -0.15) is 0 Å². The van der Waals surface area contributed by atoms with Crippen LogP contribution in [0.3, 0.4) is 0 Å². The number of ether oxygens (including phenoxy) is 1. The van der Waals surface area contributed by atoms with Gasteiger partial charge in [-0.05, 0) is 35.2 Å². The molecule has 1 aromatic rings. The molecule has 0 unspecified atom stereocenters. The second kappa shape index (κ2) is 7.08. The average Bonchev–Trinajstić information content (AvgIpc) is 2.28. The Morgan fingerprint density at radius 3 is 2.61 bits per heavy atom. The standard InChI is InChI=1S/C14H21BrClOSi/c1-14(2,18(3)4)10-17-8-7-11-9-12(16)5-6-13(11)15/h5-6,9H,7-8,10H2,1-4H3. The van der Waals surface area contributed by atoms with Crippen molar-refractivity contribution in [1.82, 2.24) is 0 Å². The van der Waals surface area contributed by atoms with Crippen molar-refractivity contribution in [3.8, 4) is 0 Å². The molecule has 101 valence electrons. The molecule has 0 aromatic heterocycles. The van der Waals surface area contributed by atoms with Gasteiger partial charge >= 0.3 is 0 Å². The lowest BCUT2D eigenvalue weighted by Crippen LogP contribution is -2.26. The summed E-state index contributed by atoms with van der Waals surface area (Å²) in [5.41, 5.74) is 1.21. The Hall–Kier alpha value is 0.167. The molecule has 0 aliphatic heterocycles. The molecule has 1 rings (SSSR count). The molecule has 0 bridgehead atoms. The van der Waals surface area contributed by atoms with Crippen molar-refractivity contribution >= 4 is 36.3 Å². The van der Waals surface area contributed by atoms with Crippen molar-refractivity contribution < 1.29 is 4.74 Å². The van der Waals surface area contributed by atoms with E-state index in [0.717, 1.165) is 29.1 Å². The van der Waals surface area contributed by atoms with Crippen LogP contribution in [0.4, 0.5) is 0 Å². The molecule has 0 fully saturated rings. The minimum absolute atomic E-state index is 0.325. The van der Waals surface area contributed by atoms with Crippen molar-refractivity contribution in [3.63, 3.8) is 0 Å². The summed E-state index contributed by atoms with van der Waals surface area (Å²) in [4.78, 5) is 0. The van der Waals surface area contributed by atoms with Crippen LogP contribution in [0.5, 0.6) is 0 Å². The van der Waals surface area contributed by atoms with E-state index < -0.39 is 0 Å². The third-order valence-electron chi connectivity index (χ3n) is 3.34. The maximum Gasteiger partial charge on any atom is 0.0506 e. The maximum absolute atomic E-state index is 5.99. The molecule has 18 heavy (non-hydrogen) atoms. The normalized spacial score (nSPS) is 12.2.